The van der Waals surface area contributed by atoms with Gasteiger partial charge in [-0.15, -0.1) is 0 Å². The minimum Gasteiger partial charge on any atom is -0.342 e. The summed E-state index contributed by atoms with van der Waals surface area (Å²) in [7, 11) is 1.97. The minimum atomic E-state index is 0.981. The molecule has 0 unspecified atom stereocenters. The van der Waals surface area contributed by atoms with Crippen LogP contribution in [0.2, 0.25) is 0 Å². The zero-order chi connectivity index (χ0) is 12.1. The Balaban J connectivity index is 2.07. The molecule has 0 saturated heterocycles. The Morgan fingerprint density at radius 2 is 2.29 bits per heavy atom. The summed E-state index contributed by atoms with van der Waals surface area (Å²) >= 11 is 3.47. The van der Waals surface area contributed by atoms with E-state index in [1.54, 1.807) is 0 Å². The molecule has 2 rings (SSSR count). The Morgan fingerprint density at radius 1 is 1.41 bits per heavy atom. The van der Waals surface area contributed by atoms with Crippen LogP contribution < -0.4 is 5.32 Å². The molecule has 0 saturated carbocycles. The third-order valence-corrected chi connectivity index (χ3v) is 3.10. The van der Waals surface area contributed by atoms with E-state index in [4.69, 9.17) is 0 Å². The van der Waals surface area contributed by atoms with E-state index in [1.165, 1.54) is 0 Å². The Hall–Kier alpha value is -1.13. The number of rotatable bonds is 5. The van der Waals surface area contributed by atoms with E-state index in [0.29, 0.717) is 0 Å². The predicted molar refractivity (Wildman–Crippen MR) is 74.0 cm³/mol. The van der Waals surface area contributed by atoms with E-state index >= 15 is 0 Å². The van der Waals surface area contributed by atoms with Gasteiger partial charge in [-0.2, -0.15) is 0 Å². The standard InChI is InChI=1S/C13H16BrN3/c1-15-7-3-6-13-16-9-12(17-13)10-4-2-5-11(14)8-10/h2,4-5,8-9,15H,3,6-7H2,1H3,(H,16,17). The summed E-state index contributed by atoms with van der Waals surface area (Å²) in [6.45, 7) is 1.02. The molecule has 0 radical (unpaired) electrons. The van der Waals surface area contributed by atoms with Crippen molar-refractivity contribution < 1.29 is 0 Å². The van der Waals surface area contributed by atoms with Gasteiger partial charge in [0.1, 0.15) is 5.82 Å². The number of nitrogens with one attached hydrogen (secondary N) is 2. The molecule has 0 spiro atoms. The van der Waals surface area contributed by atoms with Crippen LogP contribution in [0, 0.1) is 0 Å². The SMILES string of the molecule is CNCCCc1ncc(-c2cccc(Br)c2)[nH]1. The molecule has 0 aliphatic rings. The highest BCUT2D eigenvalue weighted by atomic mass is 79.9. The van der Waals surface area contributed by atoms with Crippen LogP contribution in [-0.2, 0) is 6.42 Å². The molecule has 0 fully saturated rings. The summed E-state index contributed by atoms with van der Waals surface area (Å²) in [5.74, 6) is 1.05. The summed E-state index contributed by atoms with van der Waals surface area (Å²) in [5, 5.41) is 3.14. The third kappa shape index (κ3) is 3.41. The lowest BCUT2D eigenvalue weighted by atomic mass is 10.2. The fourth-order valence-corrected chi connectivity index (χ4v) is 2.12. The molecule has 1 aromatic carbocycles. The zero-order valence-electron chi connectivity index (χ0n) is 9.83. The zero-order valence-corrected chi connectivity index (χ0v) is 11.4. The van der Waals surface area contributed by atoms with Gasteiger partial charge in [-0.1, -0.05) is 28.1 Å². The molecule has 0 amide bonds. The van der Waals surface area contributed by atoms with Crippen molar-refractivity contribution in [1.82, 2.24) is 15.3 Å². The smallest absolute Gasteiger partial charge is 0.106 e. The van der Waals surface area contributed by atoms with Gasteiger partial charge in [0, 0.05) is 16.5 Å². The molecule has 0 aliphatic heterocycles. The van der Waals surface area contributed by atoms with Crippen molar-refractivity contribution in [2.75, 3.05) is 13.6 Å². The largest absolute Gasteiger partial charge is 0.342 e. The number of halogens is 1. The number of hydrogen-bond donors (Lipinski definition) is 2. The fourth-order valence-electron chi connectivity index (χ4n) is 1.72. The van der Waals surface area contributed by atoms with Gasteiger partial charge in [0.25, 0.3) is 0 Å². The van der Waals surface area contributed by atoms with Crippen molar-refractivity contribution in [2.45, 2.75) is 12.8 Å². The van der Waals surface area contributed by atoms with Crippen LogP contribution in [0.3, 0.4) is 0 Å². The summed E-state index contributed by atoms with van der Waals surface area (Å²) < 4.78 is 1.08. The second-order valence-corrected chi connectivity index (χ2v) is 4.88. The van der Waals surface area contributed by atoms with Gasteiger partial charge in [-0.25, -0.2) is 4.98 Å². The quantitative estimate of drug-likeness (QED) is 0.832. The van der Waals surface area contributed by atoms with Gasteiger partial charge in [0.05, 0.1) is 11.9 Å². The van der Waals surface area contributed by atoms with Crippen LogP contribution in [0.15, 0.2) is 34.9 Å². The maximum absolute atomic E-state index is 4.40. The first-order chi connectivity index (χ1) is 8.29. The normalized spacial score (nSPS) is 10.7. The van der Waals surface area contributed by atoms with E-state index in [0.717, 1.165) is 40.9 Å². The van der Waals surface area contributed by atoms with Crippen molar-refractivity contribution in [1.29, 1.82) is 0 Å². The van der Waals surface area contributed by atoms with E-state index in [2.05, 4.69) is 43.3 Å². The molecule has 90 valence electrons. The van der Waals surface area contributed by atoms with Crippen LogP contribution in [0.1, 0.15) is 12.2 Å². The van der Waals surface area contributed by atoms with Crippen LogP contribution in [-0.4, -0.2) is 23.6 Å². The Morgan fingerprint density at radius 3 is 3.06 bits per heavy atom. The van der Waals surface area contributed by atoms with Gasteiger partial charge < -0.3 is 10.3 Å². The average Bonchev–Trinajstić information content (AvgIpc) is 2.78. The molecular formula is C13H16BrN3. The lowest BCUT2D eigenvalue weighted by Gasteiger charge is -1.99. The third-order valence-electron chi connectivity index (χ3n) is 2.60. The van der Waals surface area contributed by atoms with Gasteiger partial charge in [0.15, 0.2) is 0 Å². The lowest BCUT2D eigenvalue weighted by molar-refractivity contribution is 0.707. The molecule has 1 heterocycles. The number of aryl methyl sites for hydroxylation is 1. The first-order valence-electron chi connectivity index (χ1n) is 5.74. The van der Waals surface area contributed by atoms with E-state index in [1.807, 2.05) is 25.4 Å². The highest BCUT2D eigenvalue weighted by molar-refractivity contribution is 9.10. The predicted octanol–water partition coefficient (Wildman–Crippen LogP) is 2.99. The van der Waals surface area contributed by atoms with Crippen molar-refractivity contribution in [2.24, 2.45) is 0 Å². The second kappa shape index (κ2) is 5.98. The highest BCUT2D eigenvalue weighted by Crippen LogP contribution is 2.21. The molecule has 3 nitrogen and oxygen atoms in total. The first-order valence-corrected chi connectivity index (χ1v) is 6.53. The molecule has 0 aliphatic carbocycles. The summed E-state index contributed by atoms with van der Waals surface area (Å²) in [6, 6.07) is 8.22. The molecule has 2 N–H and O–H groups in total. The number of imidazole rings is 1. The Kier molecular flexibility index (Phi) is 4.34. The molecule has 1 aromatic heterocycles. The Labute approximate surface area is 110 Å². The van der Waals surface area contributed by atoms with Crippen LogP contribution >= 0.6 is 15.9 Å². The highest BCUT2D eigenvalue weighted by Gasteiger charge is 2.03. The molecule has 2 aromatic rings. The summed E-state index contributed by atoms with van der Waals surface area (Å²) in [5.41, 5.74) is 2.23. The monoisotopic (exact) mass is 293 g/mol. The van der Waals surface area contributed by atoms with Gasteiger partial charge in [-0.3, -0.25) is 0 Å². The molecule has 17 heavy (non-hydrogen) atoms. The van der Waals surface area contributed by atoms with E-state index in [9.17, 15) is 0 Å². The van der Waals surface area contributed by atoms with E-state index < -0.39 is 0 Å². The van der Waals surface area contributed by atoms with Crippen LogP contribution in [0.25, 0.3) is 11.3 Å². The minimum absolute atomic E-state index is 0.981. The molecule has 4 heteroatoms. The maximum atomic E-state index is 4.40. The topological polar surface area (TPSA) is 40.7 Å². The molecule has 0 atom stereocenters. The number of nitrogens with zero attached hydrogens (tertiary/aromatic N) is 1. The lowest BCUT2D eigenvalue weighted by Crippen LogP contribution is -2.08. The van der Waals surface area contributed by atoms with Gasteiger partial charge in [-0.05, 0) is 32.1 Å². The van der Waals surface area contributed by atoms with E-state index in [-0.39, 0.29) is 0 Å². The van der Waals surface area contributed by atoms with Crippen molar-refractivity contribution in [3.63, 3.8) is 0 Å². The second-order valence-electron chi connectivity index (χ2n) is 3.96. The fraction of sp³-hybridized carbons (Fsp3) is 0.308. The number of hydrogen-bond acceptors (Lipinski definition) is 2. The first kappa shape index (κ1) is 12.3. The summed E-state index contributed by atoms with van der Waals surface area (Å²) in [4.78, 5) is 7.75. The van der Waals surface area contributed by atoms with Crippen LogP contribution in [0.5, 0.6) is 0 Å². The molecular weight excluding hydrogens is 278 g/mol. The number of benzene rings is 1. The Bertz CT molecular complexity index is 479. The van der Waals surface area contributed by atoms with Gasteiger partial charge >= 0.3 is 0 Å². The number of aromatic amines is 1. The summed E-state index contributed by atoms with van der Waals surface area (Å²) in [6.07, 6.45) is 3.98. The van der Waals surface area contributed by atoms with Crippen molar-refractivity contribution in [3.8, 4) is 11.3 Å². The molecule has 0 bridgehead atoms. The van der Waals surface area contributed by atoms with Crippen molar-refractivity contribution in [3.05, 3.63) is 40.8 Å². The van der Waals surface area contributed by atoms with Crippen molar-refractivity contribution >= 4 is 15.9 Å². The van der Waals surface area contributed by atoms with Gasteiger partial charge in [0.2, 0.25) is 0 Å². The van der Waals surface area contributed by atoms with Crippen LogP contribution in [0.4, 0.5) is 0 Å². The maximum Gasteiger partial charge on any atom is 0.106 e. The average molecular weight is 294 g/mol. The number of H-pyrrole nitrogens is 1. The number of aromatic nitrogens is 2.